The molecule has 1 saturated heterocycles. The number of carbonyl (C=O) groups excluding carboxylic acids is 1. The first-order valence-corrected chi connectivity index (χ1v) is 9.40. The van der Waals surface area contributed by atoms with Gasteiger partial charge in [-0.15, -0.1) is 0 Å². The number of nitrogens with zero attached hydrogens (tertiary/aromatic N) is 1. The Hall–Kier alpha value is -1.99. The van der Waals surface area contributed by atoms with Gasteiger partial charge in [0.15, 0.2) is 11.5 Å². The van der Waals surface area contributed by atoms with Crippen LogP contribution in [-0.2, 0) is 4.84 Å². The molecule has 0 aliphatic carbocycles. The molecule has 0 saturated carbocycles. The number of amides is 1. The fraction of sp³-hybridized carbons (Fsp3) is 0.632. The molecule has 0 spiro atoms. The van der Waals surface area contributed by atoms with Crippen molar-refractivity contribution in [2.45, 2.75) is 33.6 Å². The summed E-state index contributed by atoms with van der Waals surface area (Å²) in [6.45, 7) is 10.5. The van der Waals surface area contributed by atoms with E-state index in [0.717, 1.165) is 19.6 Å². The third-order valence-electron chi connectivity index (χ3n) is 4.04. The fourth-order valence-corrected chi connectivity index (χ4v) is 2.88. The largest absolute Gasteiger partial charge is 0.490 e. The lowest BCUT2D eigenvalue weighted by Crippen LogP contribution is -2.30. The summed E-state index contributed by atoms with van der Waals surface area (Å²) in [4.78, 5) is 20.1. The first-order chi connectivity index (χ1) is 12.7. The lowest BCUT2D eigenvalue weighted by atomic mass is 10.1. The topological polar surface area (TPSA) is 69.3 Å². The molecule has 0 atom stereocenters. The number of hydroxylamine groups is 1. The molecule has 1 aliphatic heterocycles. The molecule has 0 unspecified atom stereocenters. The second kappa shape index (κ2) is 10.9. The maximum atomic E-state index is 12.4. The lowest BCUT2D eigenvalue weighted by Gasteiger charge is -2.17. The van der Waals surface area contributed by atoms with E-state index in [1.165, 1.54) is 12.8 Å². The molecule has 1 fully saturated rings. The predicted molar refractivity (Wildman–Crippen MR) is 99.0 cm³/mol. The molecular formula is C19H30N2O5. The highest BCUT2D eigenvalue weighted by molar-refractivity contribution is 5.95. The lowest BCUT2D eigenvalue weighted by molar-refractivity contribution is 0.0243. The first-order valence-electron chi connectivity index (χ1n) is 9.40. The van der Waals surface area contributed by atoms with E-state index >= 15 is 0 Å². The molecule has 2 rings (SSSR count). The maximum absolute atomic E-state index is 12.4. The quantitative estimate of drug-likeness (QED) is 0.480. The molecule has 7 heteroatoms. The summed E-state index contributed by atoms with van der Waals surface area (Å²) < 4.78 is 16.9. The summed E-state index contributed by atoms with van der Waals surface area (Å²) >= 11 is 0. The van der Waals surface area contributed by atoms with Crippen molar-refractivity contribution in [3.63, 3.8) is 0 Å². The third kappa shape index (κ3) is 5.78. The molecule has 1 aromatic carbocycles. The van der Waals surface area contributed by atoms with Gasteiger partial charge in [0.2, 0.25) is 5.75 Å². The molecule has 146 valence electrons. The molecule has 1 heterocycles. The fourth-order valence-electron chi connectivity index (χ4n) is 2.88. The molecule has 7 nitrogen and oxygen atoms in total. The van der Waals surface area contributed by atoms with Gasteiger partial charge in [0.05, 0.1) is 26.4 Å². The zero-order valence-corrected chi connectivity index (χ0v) is 16.0. The van der Waals surface area contributed by atoms with Crippen molar-refractivity contribution in [3.8, 4) is 17.2 Å². The van der Waals surface area contributed by atoms with Crippen LogP contribution in [0, 0.1) is 0 Å². The van der Waals surface area contributed by atoms with E-state index in [4.69, 9.17) is 19.0 Å². The molecular weight excluding hydrogens is 336 g/mol. The highest BCUT2D eigenvalue weighted by Crippen LogP contribution is 2.39. The van der Waals surface area contributed by atoms with Crippen molar-refractivity contribution >= 4 is 5.91 Å². The number of likely N-dealkylation sites (tertiary alicyclic amines) is 1. The number of hydrogen-bond donors (Lipinski definition) is 1. The molecule has 0 radical (unpaired) electrons. The Morgan fingerprint density at radius 1 is 1.00 bits per heavy atom. The summed E-state index contributed by atoms with van der Waals surface area (Å²) in [5.74, 6) is 1.16. The van der Waals surface area contributed by atoms with Gasteiger partial charge in [-0.3, -0.25) is 9.63 Å². The van der Waals surface area contributed by atoms with Gasteiger partial charge in [0, 0.05) is 12.1 Å². The second-order valence-electron chi connectivity index (χ2n) is 5.93. The molecule has 1 aliphatic rings. The molecule has 1 aromatic rings. The normalized spacial score (nSPS) is 14.3. The molecule has 0 aromatic heterocycles. The summed E-state index contributed by atoms with van der Waals surface area (Å²) in [6, 6.07) is 3.30. The molecule has 26 heavy (non-hydrogen) atoms. The van der Waals surface area contributed by atoms with Gasteiger partial charge in [-0.05, 0) is 58.8 Å². The molecule has 0 bridgehead atoms. The van der Waals surface area contributed by atoms with Crippen LogP contribution in [0.5, 0.6) is 17.2 Å². The van der Waals surface area contributed by atoms with E-state index < -0.39 is 0 Å². The maximum Gasteiger partial charge on any atom is 0.275 e. The van der Waals surface area contributed by atoms with Crippen LogP contribution in [0.15, 0.2) is 12.1 Å². The van der Waals surface area contributed by atoms with Gasteiger partial charge < -0.3 is 19.1 Å². The van der Waals surface area contributed by atoms with Crippen molar-refractivity contribution in [1.29, 1.82) is 0 Å². The second-order valence-corrected chi connectivity index (χ2v) is 5.93. The predicted octanol–water partition coefficient (Wildman–Crippen LogP) is 2.64. The van der Waals surface area contributed by atoms with Gasteiger partial charge in [0.25, 0.3) is 5.91 Å². The van der Waals surface area contributed by atoms with Crippen LogP contribution in [0.25, 0.3) is 0 Å². The number of rotatable bonds is 11. The van der Waals surface area contributed by atoms with Gasteiger partial charge in [-0.2, -0.15) is 0 Å². The van der Waals surface area contributed by atoms with Crippen molar-refractivity contribution in [2.75, 3.05) is 46.1 Å². The van der Waals surface area contributed by atoms with Crippen molar-refractivity contribution in [1.82, 2.24) is 10.4 Å². The Morgan fingerprint density at radius 2 is 1.58 bits per heavy atom. The Labute approximate surface area is 155 Å². The minimum Gasteiger partial charge on any atom is -0.490 e. The zero-order valence-electron chi connectivity index (χ0n) is 16.0. The zero-order chi connectivity index (χ0) is 18.8. The van der Waals surface area contributed by atoms with Crippen molar-refractivity contribution in [2.24, 2.45) is 0 Å². The van der Waals surface area contributed by atoms with E-state index in [-0.39, 0.29) is 5.91 Å². The minimum atomic E-state index is -0.337. The van der Waals surface area contributed by atoms with E-state index in [1.54, 1.807) is 12.1 Å². The van der Waals surface area contributed by atoms with E-state index in [1.807, 2.05) is 20.8 Å². The van der Waals surface area contributed by atoms with Gasteiger partial charge in [-0.25, -0.2) is 5.48 Å². The first kappa shape index (κ1) is 20.3. The van der Waals surface area contributed by atoms with Gasteiger partial charge in [-0.1, -0.05) is 0 Å². The summed E-state index contributed by atoms with van der Waals surface area (Å²) in [5.41, 5.74) is 2.90. The van der Waals surface area contributed by atoms with E-state index in [2.05, 4.69) is 10.4 Å². The molecule has 1 amide bonds. The average Bonchev–Trinajstić information content (AvgIpc) is 3.15. The third-order valence-corrected chi connectivity index (χ3v) is 4.04. The minimum absolute atomic E-state index is 0.337. The number of benzene rings is 1. The van der Waals surface area contributed by atoms with Crippen LogP contribution in [0.1, 0.15) is 44.0 Å². The van der Waals surface area contributed by atoms with Crippen molar-refractivity contribution < 1.29 is 23.8 Å². The van der Waals surface area contributed by atoms with E-state index in [9.17, 15) is 4.79 Å². The van der Waals surface area contributed by atoms with E-state index in [0.29, 0.717) is 49.2 Å². The highest BCUT2D eigenvalue weighted by atomic mass is 16.7. The Balaban J connectivity index is 2.02. The van der Waals surface area contributed by atoms with Crippen LogP contribution in [0.3, 0.4) is 0 Å². The Kier molecular flexibility index (Phi) is 8.50. The SMILES string of the molecule is CCOc1cc(C(=O)NOCCN2CCCC2)cc(OCC)c1OCC. The number of ether oxygens (including phenoxy) is 3. The summed E-state index contributed by atoms with van der Waals surface area (Å²) in [5, 5.41) is 0. The van der Waals surface area contributed by atoms with Crippen LogP contribution < -0.4 is 19.7 Å². The Bertz CT molecular complexity index is 546. The monoisotopic (exact) mass is 366 g/mol. The van der Waals surface area contributed by atoms with Crippen molar-refractivity contribution in [3.05, 3.63) is 17.7 Å². The van der Waals surface area contributed by atoms with Crippen LogP contribution >= 0.6 is 0 Å². The highest BCUT2D eigenvalue weighted by Gasteiger charge is 2.18. The van der Waals surface area contributed by atoms with Crippen LogP contribution in [0.2, 0.25) is 0 Å². The Morgan fingerprint density at radius 3 is 2.12 bits per heavy atom. The van der Waals surface area contributed by atoms with Crippen LogP contribution in [0.4, 0.5) is 0 Å². The number of nitrogens with one attached hydrogen (secondary N) is 1. The standard InChI is InChI=1S/C19H30N2O5/c1-4-23-16-13-15(14-17(24-5-2)18(16)25-6-3)19(22)20-26-12-11-21-9-7-8-10-21/h13-14H,4-12H2,1-3H3,(H,20,22). The number of hydrogen-bond acceptors (Lipinski definition) is 6. The smallest absolute Gasteiger partial charge is 0.275 e. The van der Waals surface area contributed by atoms with Gasteiger partial charge in [0.1, 0.15) is 0 Å². The number of carbonyl (C=O) groups is 1. The average molecular weight is 366 g/mol. The summed E-state index contributed by atoms with van der Waals surface area (Å²) in [7, 11) is 0. The van der Waals surface area contributed by atoms with Gasteiger partial charge >= 0.3 is 0 Å². The molecule has 1 N–H and O–H groups in total. The summed E-state index contributed by atoms with van der Waals surface area (Å²) in [6.07, 6.45) is 2.47. The van der Waals surface area contributed by atoms with Crippen LogP contribution in [-0.4, -0.2) is 56.9 Å².